The lowest BCUT2D eigenvalue weighted by atomic mass is 10.0. The first-order valence-electron chi connectivity index (χ1n) is 11.3. The number of oxime groups is 1. The Kier molecular flexibility index (Phi) is 8.42. The Morgan fingerprint density at radius 3 is 2.71 bits per heavy atom. The Bertz CT molecular complexity index is 1280. The van der Waals surface area contributed by atoms with Crippen molar-refractivity contribution in [3.05, 3.63) is 47.9 Å². The Labute approximate surface area is 224 Å². The Balaban J connectivity index is 1.33. The number of fused-ring (bicyclic) bond motifs is 1. The standard InChI is InChI=1S/C22H24N8O6S2/c1-11-9-13(21(34)35)30-19(33)16(20(30)37-11)26-18(32)15(17-27-22(23)38-29-17)28-36-8-7-24-14(31)10-25-12-5-3-2-4-6-12/h2-6,9,11,16,20,25H,7-8,10H2,1H3,(H,24,31)(H,26,32)(H,34,35)(H2,23,27,29)/b28-15-/t11?,16?,20-/m1/s1. The Morgan fingerprint density at radius 2 is 2.03 bits per heavy atom. The zero-order valence-corrected chi connectivity index (χ0v) is 21.6. The average Bonchev–Trinajstić information content (AvgIpc) is 3.33. The van der Waals surface area contributed by atoms with Crippen LogP contribution >= 0.6 is 23.3 Å². The maximum atomic E-state index is 13.0. The molecule has 1 fully saturated rings. The second-order valence-electron chi connectivity index (χ2n) is 8.05. The molecule has 1 aromatic heterocycles. The number of carboxylic acids is 1. The highest BCUT2D eigenvalue weighted by molar-refractivity contribution is 8.00. The van der Waals surface area contributed by atoms with Gasteiger partial charge in [0, 0.05) is 22.5 Å². The number of nitrogens with two attached hydrogens (primary N) is 1. The van der Waals surface area contributed by atoms with E-state index in [9.17, 15) is 24.3 Å². The van der Waals surface area contributed by atoms with Crippen molar-refractivity contribution in [2.75, 3.05) is 30.7 Å². The molecular weight excluding hydrogens is 536 g/mol. The molecule has 2 aromatic rings. The van der Waals surface area contributed by atoms with Crippen molar-refractivity contribution in [1.82, 2.24) is 24.9 Å². The first-order valence-corrected chi connectivity index (χ1v) is 13.1. The van der Waals surface area contributed by atoms with E-state index in [2.05, 4.69) is 30.5 Å². The minimum atomic E-state index is -1.22. The SMILES string of the molecule is CC1C=C(C(=O)O)N2C(=O)C(NC(=O)/C(=N\OCCNC(=O)CNc3ccccc3)c3nsc(N)n3)[C@H]2S1. The molecule has 0 radical (unpaired) electrons. The third-order valence-electron chi connectivity index (χ3n) is 5.32. The van der Waals surface area contributed by atoms with Gasteiger partial charge in [-0.05, 0) is 25.1 Å². The van der Waals surface area contributed by atoms with Crippen molar-refractivity contribution in [2.24, 2.45) is 5.16 Å². The van der Waals surface area contributed by atoms with E-state index in [1.165, 1.54) is 17.8 Å². The molecule has 1 saturated heterocycles. The second kappa shape index (κ2) is 11.9. The number of carbonyl (C=O) groups is 4. The molecule has 14 nitrogen and oxygen atoms in total. The number of carbonyl (C=O) groups excluding carboxylic acids is 3. The molecule has 2 unspecified atom stereocenters. The lowest BCUT2D eigenvalue weighted by molar-refractivity contribution is -0.150. The number of amides is 3. The fourth-order valence-electron chi connectivity index (χ4n) is 3.60. The number of para-hydroxylation sites is 1. The zero-order valence-electron chi connectivity index (χ0n) is 20.0. The summed E-state index contributed by atoms with van der Waals surface area (Å²) in [5, 5.41) is 20.8. The van der Waals surface area contributed by atoms with Crippen molar-refractivity contribution in [3.8, 4) is 0 Å². The molecule has 38 heavy (non-hydrogen) atoms. The summed E-state index contributed by atoms with van der Waals surface area (Å²) in [6, 6.07) is 8.26. The van der Waals surface area contributed by atoms with E-state index in [1.807, 2.05) is 30.3 Å². The molecule has 3 amide bonds. The number of nitrogens with zero attached hydrogens (tertiary/aromatic N) is 4. The van der Waals surface area contributed by atoms with E-state index in [0.717, 1.165) is 22.1 Å². The molecule has 0 saturated carbocycles. The number of aromatic nitrogens is 2. The van der Waals surface area contributed by atoms with Gasteiger partial charge in [0.1, 0.15) is 23.7 Å². The number of nitrogen functional groups attached to an aromatic ring is 1. The molecule has 200 valence electrons. The number of nitrogens with one attached hydrogen (secondary N) is 3. The number of thioether (sulfide) groups is 1. The number of carboxylic acid groups (broad SMARTS) is 1. The maximum Gasteiger partial charge on any atom is 0.352 e. The van der Waals surface area contributed by atoms with E-state index in [1.54, 1.807) is 6.92 Å². The van der Waals surface area contributed by atoms with Crippen molar-refractivity contribution >= 4 is 63.5 Å². The number of rotatable bonds is 11. The molecular formula is C22H24N8O6S2. The summed E-state index contributed by atoms with van der Waals surface area (Å²) in [6.07, 6.45) is 1.48. The van der Waals surface area contributed by atoms with Crippen LogP contribution in [0.5, 0.6) is 0 Å². The fraction of sp³-hybridized carbons (Fsp3) is 0.318. The summed E-state index contributed by atoms with van der Waals surface area (Å²) in [7, 11) is 0. The normalized spacial score (nSPS) is 20.5. The van der Waals surface area contributed by atoms with Gasteiger partial charge in [-0.15, -0.1) is 11.8 Å². The van der Waals surface area contributed by atoms with Crippen LogP contribution in [0.25, 0.3) is 0 Å². The Morgan fingerprint density at radius 1 is 1.26 bits per heavy atom. The number of β-lactam (4-membered cyclic amide) rings is 1. The average molecular weight is 561 g/mol. The number of benzene rings is 1. The van der Waals surface area contributed by atoms with Crippen molar-refractivity contribution in [3.63, 3.8) is 0 Å². The highest BCUT2D eigenvalue weighted by Crippen LogP contribution is 2.40. The van der Waals surface area contributed by atoms with Gasteiger partial charge in [-0.3, -0.25) is 19.3 Å². The van der Waals surface area contributed by atoms with Gasteiger partial charge in [0.05, 0.1) is 13.1 Å². The zero-order chi connectivity index (χ0) is 27.2. The number of anilines is 2. The molecule has 1 aromatic carbocycles. The molecule has 3 atom stereocenters. The second-order valence-corrected chi connectivity index (χ2v) is 10.3. The van der Waals surface area contributed by atoms with Crippen LogP contribution in [0.2, 0.25) is 0 Å². The molecule has 0 aliphatic carbocycles. The van der Waals surface area contributed by atoms with Gasteiger partial charge >= 0.3 is 5.97 Å². The van der Waals surface area contributed by atoms with Crippen LogP contribution < -0.4 is 21.7 Å². The monoisotopic (exact) mass is 560 g/mol. The quantitative estimate of drug-likeness (QED) is 0.106. The van der Waals surface area contributed by atoms with Crippen LogP contribution in [0.3, 0.4) is 0 Å². The first-order chi connectivity index (χ1) is 18.2. The molecule has 6 N–H and O–H groups in total. The van der Waals surface area contributed by atoms with E-state index in [0.29, 0.717) is 0 Å². The maximum absolute atomic E-state index is 13.0. The summed E-state index contributed by atoms with van der Waals surface area (Å²) >= 11 is 2.18. The van der Waals surface area contributed by atoms with Crippen LogP contribution in [-0.2, 0) is 24.0 Å². The van der Waals surface area contributed by atoms with Crippen LogP contribution in [0, 0.1) is 0 Å². The predicted octanol–water partition coefficient (Wildman–Crippen LogP) is -0.174. The minimum absolute atomic E-state index is 0.0615. The van der Waals surface area contributed by atoms with Crippen LogP contribution in [0.15, 0.2) is 47.3 Å². The van der Waals surface area contributed by atoms with Gasteiger partial charge in [-0.1, -0.05) is 23.4 Å². The van der Waals surface area contributed by atoms with Gasteiger partial charge in [0.2, 0.25) is 17.4 Å². The lowest BCUT2D eigenvalue weighted by Gasteiger charge is -2.49. The van der Waals surface area contributed by atoms with Crippen molar-refractivity contribution < 1.29 is 29.1 Å². The molecule has 2 aliphatic heterocycles. The topological polar surface area (TPSA) is 201 Å². The third-order valence-corrected chi connectivity index (χ3v) is 7.19. The molecule has 0 bridgehead atoms. The fourth-order valence-corrected chi connectivity index (χ4v) is 5.36. The van der Waals surface area contributed by atoms with E-state index >= 15 is 0 Å². The lowest BCUT2D eigenvalue weighted by Crippen LogP contribution is -2.71. The van der Waals surface area contributed by atoms with Gasteiger partial charge in [-0.2, -0.15) is 9.36 Å². The van der Waals surface area contributed by atoms with Crippen molar-refractivity contribution in [1.29, 1.82) is 0 Å². The molecule has 4 rings (SSSR count). The highest BCUT2D eigenvalue weighted by Gasteiger charge is 2.54. The summed E-state index contributed by atoms with van der Waals surface area (Å²) < 4.78 is 3.98. The number of hydrogen-bond acceptors (Lipinski definition) is 12. The van der Waals surface area contributed by atoms with Gasteiger partial charge < -0.3 is 31.6 Å². The summed E-state index contributed by atoms with van der Waals surface area (Å²) in [6.45, 7) is 1.90. The molecule has 0 spiro atoms. The van der Waals surface area contributed by atoms with Crippen LogP contribution in [0.1, 0.15) is 12.7 Å². The molecule has 2 aliphatic rings. The van der Waals surface area contributed by atoms with Crippen molar-refractivity contribution in [2.45, 2.75) is 23.6 Å². The largest absolute Gasteiger partial charge is 0.477 e. The summed E-state index contributed by atoms with van der Waals surface area (Å²) in [4.78, 5) is 59.5. The molecule has 16 heteroatoms. The Hall–Kier alpha value is -4.18. The highest BCUT2D eigenvalue weighted by atomic mass is 32.2. The number of hydrogen-bond donors (Lipinski definition) is 5. The van der Waals surface area contributed by atoms with E-state index in [4.69, 9.17) is 10.6 Å². The third kappa shape index (κ3) is 6.20. The van der Waals surface area contributed by atoms with Gasteiger partial charge in [0.25, 0.3) is 11.8 Å². The van der Waals surface area contributed by atoms with Gasteiger partial charge in [-0.25, -0.2) is 4.79 Å². The molecule has 3 heterocycles. The predicted molar refractivity (Wildman–Crippen MR) is 140 cm³/mol. The summed E-state index contributed by atoms with van der Waals surface area (Å²) in [5.74, 6) is -2.94. The minimum Gasteiger partial charge on any atom is -0.477 e. The smallest absolute Gasteiger partial charge is 0.352 e. The van der Waals surface area contributed by atoms with Crippen LogP contribution in [-0.4, -0.2) is 85.1 Å². The van der Waals surface area contributed by atoms with E-state index < -0.39 is 29.2 Å². The van der Waals surface area contributed by atoms with Crippen LogP contribution in [0.4, 0.5) is 10.8 Å². The summed E-state index contributed by atoms with van der Waals surface area (Å²) in [5.41, 5.74) is 6.01. The van der Waals surface area contributed by atoms with Gasteiger partial charge in [0.15, 0.2) is 5.13 Å². The first kappa shape index (κ1) is 26.9. The number of aliphatic carboxylic acids is 1. The van der Waals surface area contributed by atoms with E-state index in [-0.39, 0.29) is 53.2 Å².